The minimum absolute atomic E-state index is 0.00317. The number of alkyl carbamates (subject to hydrolysis) is 1. The first-order chi connectivity index (χ1) is 12.4. The first-order valence-corrected chi connectivity index (χ1v) is 8.91. The molecule has 1 aliphatic heterocycles. The Labute approximate surface area is 153 Å². The Hall–Kier alpha value is -2.57. The van der Waals surface area contributed by atoms with Gasteiger partial charge < -0.3 is 19.7 Å². The van der Waals surface area contributed by atoms with Gasteiger partial charge in [0.1, 0.15) is 5.60 Å². The van der Waals surface area contributed by atoms with Crippen LogP contribution >= 0.6 is 0 Å². The van der Waals surface area contributed by atoms with E-state index in [0.29, 0.717) is 18.2 Å². The number of para-hydroxylation sites is 2. The van der Waals surface area contributed by atoms with Crippen molar-refractivity contribution in [3.05, 3.63) is 24.3 Å². The van der Waals surface area contributed by atoms with E-state index in [1.165, 1.54) is 0 Å². The highest BCUT2D eigenvalue weighted by Gasteiger charge is 2.27. The quantitative estimate of drug-likeness (QED) is 0.908. The summed E-state index contributed by atoms with van der Waals surface area (Å²) in [6.07, 6.45) is 1.46. The molecule has 0 saturated carbocycles. The van der Waals surface area contributed by atoms with Crippen molar-refractivity contribution in [2.24, 2.45) is 0 Å². The lowest BCUT2D eigenvalue weighted by molar-refractivity contribution is 0.0500. The van der Waals surface area contributed by atoms with Gasteiger partial charge in [-0.15, -0.1) is 0 Å². The molecule has 1 aromatic carbocycles. The van der Waals surface area contributed by atoms with Gasteiger partial charge in [-0.2, -0.15) is 0 Å². The zero-order valence-electron chi connectivity index (χ0n) is 15.8. The van der Waals surface area contributed by atoms with Gasteiger partial charge in [0.05, 0.1) is 18.1 Å². The molecule has 0 bridgehead atoms. The highest BCUT2D eigenvalue weighted by atomic mass is 16.6. The number of benzene rings is 1. The number of rotatable bonds is 3. The lowest BCUT2D eigenvalue weighted by Gasteiger charge is -2.34. The second-order valence-electron chi connectivity index (χ2n) is 7.48. The highest BCUT2D eigenvalue weighted by molar-refractivity contribution is 5.77. The van der Waals surface area contributed by atoms with Gasteiger partial charge in [0.25, 0.3) is 5.88 Å². The van der Waals surface area contributed by atoms with Crippen molar-refractivity contribution in [1.29, 1.82) is 0 Å². The summed E-state index contributed by atoms with van der Waals surface area (Å²) in [5.41, 5.74) is 1.12. The molecule has 1 aliphatic rings. The van der Waals surface area contributed by atoms with E-state index >= 15 is 0 Å². The largest absolute Gasteiger partial charge is 0.478 e. The number of methoxy groups -OCH3 is 1. The third kappa shape index (κ3) is 4.33. The van der Waals surface area contributed by atoms with Crippen molar-refractivity contribution in [2.75, 3.05) is 25.1 Å². The Morgan fingerprint density at radius 3 is 2.58 bits per heavy atom. The maximum absolute atomic E-state index is 12.1. The molecule has 7 heteroatoms. The number of piperidine rings is 1. The Balaban J connectivity index is 1.77. The number of aromatic nitrogens is 2. The number of ether oxygens (including phenoxy) is 2. The van der Waals surface area contributed by atoms with E-state index in [1.54, 1.807) is 7.11 Å². The summed E-state index contributed by atoms with van der Waals surface area (Å²) < 4.78 is 10.8. The summed E-state index contributed by atoms with van der Waals surface area (Å²) in [6, 6.07) is 7.72. The topological polar surface area (TPSA) is 76.6 Å². The molecule has 1 atom stereocenters. The van der Waals surface area contributed by atoms with E-state index in [0.717, 1.165) is 30.4 Å². The first-order valence-electron chi connectivity index (χ1n) is 8.91. The van der Waals surface area contributed by atoms with Crippen LogP contribution in [0.3, 0.4) is 0 Å². The normalized spacial score (nSPS) is 17.8. The minimum Gasteiger partial charge on any atom is -0.478 e. The number of amides is 1. The minimum atomic E-state index is -0.508. The molecule has 0 radical (unpaired) electrons. The van der Waals surface area contributed by atoms with Crippen LogP contribution < -0.4 is 15.0 Å². The zero-order chi connectivity index (χ0) is 18.7. The summed E-state index contributed by atoms with van der Waals surface area (Å²) in [5.74, 6) is 1.21. The number of fused-ring (bicyclic) bond motifs is 1. The van der Waals surface area contributed by atoms with Crippen LogP contribution in [0.1, 0.15) is 33.6 Å². The van der Waals surface area contributed by atoms with Crippen molar-refractivity contribution in [3.8, 4) is 5.88 Å². The maximum Gasteiger partial charge on any atom is 0.407 e. The monoisotopic (exact) mass is 358 g/mol. The summed E-state index contributed by atoms with van der Waals surface area (Å²) in [4.78, 5) is 23.5. The number of nitrogens with zero attached hydrogens (tertiary/aromatic N) is 3. The number of carbonyl (C=O) groups is 1. The van der Waals surface area contributed by atoms with Gasteiger partial charge in [0.2, 0.25) is 0 Å². The van der Waals surface area contributed by atoms with E-state index in [4.69, 9.17) is 14.5 Å². The fraction of sp³-hybridized carbons (Fsp3) is 0.526. The molecule has 0 unspecified atom stereocenters. The highest BCUT2D eigenvalue weighted by Crippen LogP contribution is 2.29. The van der Waals surface area contributed by atoms with Crippen molar-refractivity contribution in [1.82, 2.24) is 15.3 Å². The molecule has 1 saturated heterocycles. The molecule has 26 heavy (non-hydrogen) atoms. The summed E-state index contributed by atoms with van der Waals surface area (Å²) >= 11 is 0. The lowest BCUT2D eigenvalue weighted by atomic mass is 10.1. The van der Waals surface area contributed by atoms with Gasteiger partial charge >= 0.3 is 6.09 Å². The second kappa shape index (κ2) is 7.35. The van der Waals surface area contributed by atoms with Gasteiger partial charge in [-0.25, -0.2) is 14.8 Å². The standard InChI is InChI=1S/C19H26N4O3/c1-19(2,3)26-18(24)20-13-8-7-11-23(12-13)16-17(25-4)22-15-10-6-5-9-14(15)21-16/h5-6,9-10,13H,7-8,11-12H2,1-4H3,(H,20,24)/t13-/m0/s1. The molecule has 140 valence electrons. The molecule has 1 N–H and O–H groups in total. The fourth-order valence-corrected chi connectivity index (χ4v) is 3.08. The maximum atomic E-state index is 12.1. The van der Waals surface area contributed by atoms with Crippen molar-refractivity contribution >= 4 is 22.9 Å². The molecular weight excluding hydrogens is 332 g/mol. The van der Waals surface area contributed by atoms with Crippen LogP contribution in [0, 0.1) is 0 Å². The number of carbonyl (C=O) groups excluding carboxylic acids is 1. The van der Waals surface area contributed by atoms with Crippen LogP contribution in [0.4, 0.5) is 10.6 Å². The molecule has 2 aromatic rings. The van der Waals surface area contributed by atoms with Crippen LogP contribution in [-0.4, -0.2) is 47.9 Å². The molecule has 1 aromatic heterocycles. The molecule has 1 amide bonds. The van der Waals surface area contributed by atoms with Crippen LogP contribution in [-0.2, 0) is 4.74 Å². The molecule has 0 spiro atoms. The molecule has 7 nitrogen and oxygen atoms in total. The number of hydrogen-bond donors (Lipinski definition) is 1. The number of nitrogens with one attached hydrogen (secondary N) is 1. The SMILES string of the molecule is COc1nc2ccccc2nc1N1CCC[C@H](NC(=O)OC(C)(C)C)C1. The average molecular weight is 358 g/mol. The van der Waals surface area contributed by atoms with Crippen molar-refractivity contribution in [3.63, 3.8) is 0 Å². The molecule has 1 fully saturated rings. The van der Waals surface area contributed by atoms with Crippen molar-refractivity contribution < 1.29 is 14.3 Å². The Morgan fingerprint density at radius 1 is 1.23 bits per heavy atom. The van der Waals surface area contributed by atoms with E-state index in [1.807, 2.05) is 45.0 Å². The van der Waals surface area contributed by atoms with Gasteiger partial charge in [-0.3, -0.25) is 0 Å². The third-order valence-electron chi connectivity index (χ3n) is 4.16. The van der Waals surface area contributed by atoms with Crippen LogP contribution in [0.2, 0.25) is 0 Å². The van der Waals surface area contributed by atoms with Gasteiger partial charge in [0.15, 0.2) is 5.82 Å². The molecular formula is C19H26N4O3. The van der Waals surface area contributed by atoms with Gasteiger partial charge in [-0.05, 0) is 45.7 Å². The molecule has 3 rings (SSSR count). The first kappa shape index (κ1) is 18.2. The summed E-state index contributed by atoms with van der Waals surface area (Å²) in [7, 11) is 1.60. The van der Waals surface area contributed by atoms with E-state index in [2.05, 4.69) is 15.2 Å². The number of anilines is 1. The number of hydrogen-bond acceptors (Lipinski definition) is 6. The fourth-order valence-electron chi connectivity index (χ4n) is 3.08. The lowest BCUT2D eigenvalue weighted by Crippen LogP contribution is -2.49. The van der Waals surface area contributed by atoms with Gasteiger partial charge in [0, 0.05) is 19.1 Å². The Bertz CT molecular complexity index is 788. The van der Waals surface area contributed by atoms with E-state index < -0.39 is 5.60 Å². The van der Waals surface area contributed by atoms with Crippen molar-refractivity contribution in [2.45, 2.75) is 45.3 Å². The molecule has 0 aliphatic carbocycles. The summed E-state index contributed by atoms with van der Waals surface area (Å²) in [6.45, 7) is 7.05. The average Bonchev–Trinajstić information content (AvgIpc) is 2.59. The third-order valence-corrected chi connectivity index (χ3v) is 4.16. The predicted octanol–water partition coefficient (Wildman–Crippen LogP) is 3.13. The Kier molecular flexibility index (Phi) is 5.15. The smallest absolute Gasteiger partial charge is 0.407 e. The second-order valence-corrected chi connectivity index (χ2v) is 7.48. The van der Waals surface area contributed by atoms with E-state index in [9.17, 15) is 4.79 Å². The van der Waals surface area contributed by atoms with Crippen LogP contribution in [0.5, 0.6) is 5.88 Å². The van der Waals surface area contributed by atoms with Crippen LogP contribution in [0.15, 0.2) is 24.3 Å². The Morgan fingerprint density at radius 2 is 1.92 bits per heavy atom. The van der Waals surface area contributed by atoms with Gasteiger partial charge in [-0.1, -0.05) is 12.1 Å². The zero-order valence-corrected chi connectivity index (χ0v) is 15.8. The predicted molar refractivity (Wildman–Crippen MR) is 101 cm³/mol. The van der Waals surface area contributed by atoms with E-state index in [-0.39, 0.29) is 12.1 Å². The van der Waals surface area contributed by atoms with Crippen LogP contribution in [0.25, 0.3) is 11.0 Å². The molecule has 2 heterocycles. The summed E-state index contributed by atoms with van der Waals surface area (Å²) in [5, 5.41) is 2.96.